The van der Waals surface area contributed by atoms with Gasteiger partial charge in [0.2, 0.25) is 0 Å². The van der Waals surface area contributed by atoms with Crippen molar-refractivity contribution in [1.29, 1.82) is 0 Å². The van der Waals surface area contributed by atoms with Crippen molar-refractivity contribution in [2.24, 2.45) is 5.41 Å². The zero-order chi connectivity index (χ0) is 18.2. The van der Waals surface area contributed by atoms with Gasteiger partial charge in [-0.15, -0.1) is 0 Å². The quantitative estimate of drug-likeness (QED) is 0.765. The molecule has 0 heterocycles. The summed E-state index contributed by atoms with van der Waals surface area (Å²) in [6.45, 7) is 4.46. The number of hydrogen-bond donors (Lipinski definition) is 0. The van der Waals surface area contributed by atoms with Gasteiger partial charge >= 0.3 is 0 Å². The van der Waals surface area contributed by atoms with Gasteiger partial charge in [-0.1, -0.05) is 48.5 Å². The monoisotopic (exact) mass is 336 g/mol. The van der Waals surface area contributed by atoms with Crippen molar-refractivity contribution in [2.75, 3.05) is 24.2 Å². The molecular formula is C21H24N2O2. The molecule has 0 saturated heterocycles. The molecule has 2 aromatic rings. The SMILES string of the molecule is CN([O])c1cccc([C]2CC[C](c3cccc(N(C)[O])c3)C2(C)C)c1. The summed E-state index contributed by atoms with van der Waals surface area (Å²) >= 11 is 0. The lowest BCUT2D eigenvalue weighted by Crippen LogP contribution is -2.24. The van der Waals surface area contributed by atoms with Crippen LogP contribution in [-0.2, 0) is 10.4 Å². The first-order valence-electron chi connectivity index (χ1n) is 8.56. The molecule has 1 aliphatic rings. The largest absolute Gasteiger partial charge is 0.223 e. The molecule has 130 valence electrons. The molecule has 0 aromatic heterocycles. The standard InChI is InChI=1S/C21H24N2O2/c1-21(2)19(15-7-5-9-17(13-15)22(3)24)11-12-20(21)16-8-6-10-18(14-16)23(4)25/h5-10,13-14H,11-12H2,1-4H3. The fourth-order valence-electron chi connectivity index (χ4n) is 3.85. The van der Waals surface area contributed by atoms with E-state index in [1.807, 2.05) is 36.4 Å². The van der Waals surface area contributed by atoms with E-state index in [-0.39, 0.29) is 5.41 Å². The molecule has 3 rings (SSSR count). The van der Waals surface area contributed by atoms with Crippen molar-refractivity contribution in [2.45, 2.75) is 26.7 Å². The Labute approximate surface area is 150 Å². The van der Waals surface area contributed by atoms with Crippen molar-refractivity contribution in [1.82, 2.24) is 0 Å². The first kappa shape index (κ1) is 17.8. The van der Waals surface area contributed by atoms with Crippen LogP contribution in [0.1, 0.15) is 37.8 Å². The third-order valence-corrected chi connectivity index (χ3v) is 5.25. The van der Waals surface area contributed by atoms with Crippen molar-refractivity contribution >= 4 is 11.4 Å². The van der Waals surface area contributed by atoms with E-state index in [4.69, 9.17) is 0 Å². The van der Waals surface area contributed by atoms with Crippen molar-refractivity contribution in [3.63, 3.8) is 0 Å². The molecule has 1 saturated carbocycles. The molecule has 0 bridgehead atoms. The van der Waals surface area contributed by atoms with Crippen LogP contribution in [0, 0.1) is 17.3 Å². The summed E-state index contributed by atoms with van der Waals surface area (Å²) in [5, 5.41) is 25.0. The Hall–Kier alpha value is -2.04. The summed E-state index contributed by atoms with van der Waals surface area (Å²) in [6.07, 6.45) is 1.93. The molecule has 25 heavy (non-hydrogen) atoms. The third-order valence-electron chi connectivity index (χ3n) is 5.25. The lowest BCUT2D eigenvalue weighted by molar-refractivity contribution is 0.177. The van der Waals surface area contributed by atoms with Gasteiger partial charge in [0.05, 0.1) is 11.4 Å². The fraction of sp³-hybridized carbons (Fsp3) is 0.333. The first-order chi connectivity index (χ1) is 11.8. The number of hydroxylamine groups is 2. The zero-order valence-corrected chi connectivity index (χ0v) is 15.2. The third kappa shape index (κ3) is 3.37. The summed E-state index contributed by atoms with van der Waals surface area (Å²) in [4.78, 5) is 0. The lowest BCUT2D eigenvalue weighted by Gasteiger charge is -2.33. The van der Waals surface area contributed by atoms with E-state index in [1.165, 1.54) is 25.9 Å². The second-order valence-electron chi connectivity index (χ2n) is 7.18. The fourth-order valence-corrected chi connectivity index (χ4v) is 3.85. The van der Waals surface area contributed by atoms with Gasteiger partial charge in [0, 0.05) is 25.9 Å². The van der Waals surface area contributed by atoms with E-state index in [1.54, 1.807) is 0 Å². The molecule has 1 fully saturated rings. The predicted molar refractivity (Wildman–Crippen MR) is 98.8 cm³/mol. The summed E-state index contributed by atoms with van der Waals surface area (Å²) in [5.74, 6) is 2.68. The maximum Gasteiger partial charge on any atom is 0.0667 e. The molecule has 0 aliphatic heterocycles. The minimum atomic E-state index is -0.111. The van der Waals surface area contributed by atoms with Crippen LogP contribution < -0.4 is 10.1 Å². The van der Waals surface area contributed by atoms with Gasteiger partial charge in [0.25, 0.3) is 0 Å². The Balaban J connectivity index is 1.92. The van der Waals surface area contributed by atoms with Gasteiger partial charge in [-0.25, -0.2) is 10.1 Å². The Morgan fingerprint density at radius 2 is 1.16 bits per heavy atom. The average molecular weight is 336 g/mol. The summed E-state index contributed by atoms with van der Waals surface area (Å²) in [6, 6.07) is 15.6. The highest BCUT2D eigenvalue weighted by molar-refractivity contribution is 5.56. The Morgan fingerprint density at radius 3 is 1.52 bits per heavy atom. The molecular weight excluding hydrogens is 312 g/mol. The second kappa shape index (κ2) is 6.70. The van der Waals surface area contributed by atoms with Crippen molar-refractivity contribution in [3.8, 4) is 0 Å². The molecule has 1 aliphatic carbocycles. The molecule has 0 spiro atoms. The first-order valence-corrected chi connectivity index (χ1v) is 8.56. The Bertz CT molecular complexity index is 679. The maximum absolute atomic E-state index is 11.6. The molecule has 0 unspecified atom stereocenters. The molecule has 2 aromatic carbocycles. The zero-order valence-electron chi connectivity index (χ0n) is 15.2. The van der Waals surface area contributed by atoms with E-state index < -0.39 is 0 Å². The minimum absolute atomic E-state index is 0.111. The number of benzene rings is 2. The van der Waals surface area contributed by atoms with Crippen LogP contribution in [0.3, 0.4) is 0 Å². The normalized spacial score (nSPS) is 17.7. The van der Waals surface area contributed by atoms with E-state index in [9.17, 15) is 10.4 Å². The van der Waals surface area contributed by atoms with E-state index in [0.29, 0.717) is 11.4 Å². The molecule has 4 radical (unpaired) electrons. The van der Waals surface area contributed by atoms with Crippen LogP contribution in [-0.4, -0.2) is 14.1 Å². The van der Waals surface area contributed by atoms with Crippen LogP contribution in [0.4, 0.5) is 11.4 Å². The van der Waals surface area contributed by atoms with Gasteiger partial charge in [-0.2, -0.15) is 0 Å². The van der Waals surface area contributed by atoms with Gasteiger partial charge < -0.3 is 0 Å². The molecule has 4 heteroatoms. The van der Waals surface area contributed by atoms with Crippen LogP contribution in [0.25, 0.3) is 0 Å². The highest BCUT2D eigenvalue weighted by Gasteiger charge is 2.45. The van der Waals surface area contributed by atoms with Crippen LogP contribution in [0.2, 0.25) is 0 Å². The number of rotatable bonds is 4. The van der Waals surface area contributed by atoms with Crippen molar-refractivity contribution < 1.29 is 10.4 Å². The lowest BCUT2D eigenvalue weighted by atomic mass is 9.70. The predicted octanol–water partition coefficient (Wildman–Crippen LogP) is 4.62. The summed E-state index contributed by atoms with van der Waals surface area (Å²) < 4.78 is 0. The second-order valence-corrected chi connectivity index (χ2v) is 7.18. The smallest absolute Gasteiger partial charge is 0.0667 e. The van der Waals surface area contributed by atoms with Crippen LogP contribution in [0.15, 0.2) is 48.5 Å². The van der Waals surface area contributed by atoms with Crippen molar-refractivity contribution in [3.05, 3.63) is 71.5 Å². The summed E-state index contributed by atoms with van der Waals surface area (Å²) in [7, 11) is 3.04. The minimum Gasteiger partial charge on any atom is -0.223 e. The maximum atomic E-state index is 11.6. The number of anilines is 2. The van der Waals surface area contributed by atoms with Gasteiger partial charge in [-0.05, 0) is 53.6 Å². The van der Waals surface area contributed by atoms with Gasteiger partial charge in [0.15, 0.2) is 0 Å². The number of nitrogens with zero attached hydrogens (tertiary/aromatic N) is 2. The number of hydrogen-bond acceptors (Lipinski definition) is 2. The molecule has 0 atom stereocenters. The molecule has 4 nitrogen and oxygen atoms in total. The van der Waals surface area contributed by atoms with E-state index in [2.05, 4.69) is 26.0 Å². The Morgan fingerprint density at radius 1 is 0.760 bits per heavy atom. The van der Waals surface area contributed by atoms with Gasteiger partial charge in [-0.3, -0.25) is 0 Å². The highest BCUT2D eigenvalue weighted by atomic mass is 16.5. The Kier molecular flexibility index (Phi) is 4.76. The van der Waals surface area contributed by atoms with Gasteiger partial charge in [0.1, 0.15) is 0 Å². The van der Waals surface area contributed by atoms with Crippen LogP contribution in [0.5, 0.6) is 0 Å². The molecule has 0 amide bonds. The molecule has 0 N–H and O–H groups in total. The summed E-state index contributed by atoms with van der Waals surface area (Å²) in [5.41, 5.74) is 3.48. The van der Waals surface area contributed by atoms with Crippen LogP contribution >= 0.6 is 0 Å². The topological polar surface area (TPSA) is 46.3 Å². The average Bonchev–Trinajstić information content (AvgIpc) is 2.90. The van der Waals surface area contributed by atoms with E-state index >= 15 is 0 Å². The highest BCUT2D eigenvalue weighted by Crippen LogP contribution is 2.56. The van der Waals surface area contributed by atoms with E-state index in [0.717, 1.165) is 34.1 Å².